The molecule has 0 aliphatic heterocycles. The van der Waals surface area contributed by atoms with E-state index in [1.54, 1.807) is 7.11 Å². The van der Waals surface area contributed by atoms with Crippen LogP contribution in [0.5, 0.6) is 5.75 Å². The molecule has 3 atom stereocenters. The molecule has 1 N–H and O–H groups in total. The third-order valence-electron chi connectivity index (χ3n) is 4.86. The van der Waals surface area contributed by atoms with Crippen LogP contribution in [-0.4, -0.2) is 13.2 Å². The standard InChI is InChI=1S/C19H21NO/c1-21-15-9-7-14-8-10-18(16(14)11-15)20-19-12-17(19)13-5-3-2-4-6-13/h2-7,9,11,17-20H,8,10,12H2,1H3/t17-,18?,19+/m0/s1. The lowest BCUT2D eigenvalue weighted by atomic mass is 10.1. The highest BCUT2D eigenvalue weighted by molar-refractivity contribution is 5.41. The Balaban J connectivity index is 1.47. The van der Waals surface area contributed by atoms with Gasteiger partial charge in [-0.05, 0) is 48.1 Å². The summed E-state index contributed by atoms with van der Waals surface area (Å²) in [4.78, 5) is 0. The van der Waals surface area contributed by atoms with Gasteiger partial charge in [0.15, 0.2) is 0 Å². The molecule has 108 valence electrons. The number of hydrogen-bond donors (Lipinski definition) is 1. The Morgan fingerprint density at radius 2 is 1.95 bits per heavy atom. The van der Waals surface area contributed by atoms with Gasteiger partial charge in [-0.2, -0.15) is 0 Å². The van der Waals surface area contributed by atoms with E-state index < -0.39 is 0 Å². The molecule has 2 nitrogen and oxygen atoms in total. The molecule has 2 heteroatoms. The average Bonchev–Trinajstić information content (AvgIpc) is 3.20. The Hall–Kier alpha value is -1.80. The van der Waals surface area contributed by atoms with Gasteiger partial charge in [0, 0.05) is 18.0 Å². The third-order valence-corrected chi connectivity index (χ3v) is 4.86. The van der Waals surface area contributed by atoms with Crippen molar-refractivity contribution in [1.82, 2.24) is 5.32 Å². The molecule has 0 radical (unpaired) electrons. The summed E-state index contributed by atoms with van der Waals surface area (Å²) in [5.74, 6) is 1.67. The van der Waals surface area contributed by atoms with Gasteiger partial charge in [0.25, 0.3) is 0 Å². The second kappa shape index (κ2) is 5.19. The van der Waals surface area contributed by atoms with E-state index in [0.29, 0.717) is 18.0 Å². The number of rotatable bonds is 4. The molecule has 1 fully saturated rings. The highest BCUT2D eigenvalue weighted by atomic mass is 16.5. The van der Waals surface area contributed by atoms with Crippen LogP contribution < -0.4 is 10.1 Å². The minimum Gasteiger partial charge on any atom is -0.497 e. The summed E-state index contributed by atoms with van der Waals surface area (Å²) >= 11 is 0. The number of methoxy groups -OCH3 is 1. The molecule has 0 amide bonds. The van der Waals surface area contributed by atoms with Crippen LogP contribution in [-0.2, 0) is 6.42 Å². The van der Waals surface area contributed by atoms with Crippen LogP contribution in [0.3, 0.4) is 0 Å². The summed E-state index contributed by atoms with van der Waals surface area (Å²) in [7, 11) is 1.74. The molecule has 2 aromatic rings. The number of hydrogen-bond acceptors (Lipinski definition) is 2. The number of ether oxygens (including phenoxy) is 1. The molecular formula is C19H21NO. The first-order chi connectivity index (χ1) is 10.3. The molecule has 2 aromatic carbocycles. The molecule has 21 heavy (non-hydrogen) atoms. The second-order valence-corrected chi connectivity index (χ2v) is 6.18. The molecule has 0 spiro atoms. The van der Waals surface area contributed by atoms with Crippen LogP contribution in [0.25, 0.3) is 0 Å². The van der Waals surface area contributed by atoms with Gasteiger partial charge in [-0.3, -0.25) is 0 Å². The highest BCUT2D eigenvalue weighted by Gasteiger charge is 2.40. The van der Waals surface area contributed by atoms with Gasteiger partial charge in [-0.25, -0.2) is 0 Å². The van der Waals surface area contributed by atoms with Crippen LogP contribution in [0.2, 0.25) is 0 Å². The number of nitrogens with one attached hydrogen (secondary N) is 1. The maximum absolute atomic E-state index is 5.37. The van der Waals surface area contributed by atoms with Gasteiger partial charge in [0.1, 0.15) is 5.75 Å². The van der Waals surface area contributed by atoms with Crippen molar-refractivity contribution >= 4 is 0 Å². The zero-order valence-corrected chi connectivity index (χ0v) is 12.4. The van der Waals surface area contributed by atoms with E-state index in [2.05, 4.69) is 53.8 Å². The predicted octanol–water partition coefficient (Wildman–Crippen LogP) is 3.83. The second-order valence-electron chi connectivity index (χ2n) is 6.18. The Morgan fingerprint density at radius 1 is 1.10 bits per heavy atom. The first-order valence-electron chi connectivity index (χ1n) is 7.83. The smallest absolute Gasteiger partial charge is 0.119 e. The Labute approximate surface area is 126 Å². The minimum atomic E-state index is 0.494. The fraction of sp³-hybridized carbons (Fsp3) is 0.368. The van der Waals surface area contributed by atoms with Crippen molar-refractivity contribution in [2.45, 2.75) is 37.3 Å². The van der Waals surface area contributed by atoms with Crippen molar-refractivity contribution in [2.24, 2.45) is 0 Å². The van der Waals surface area contributed by atoms with Crippen molar-refractivity contribution in [3.63, 3.8) is 0 Å². The summed E-state index contributed by atoms with van der Waals surface area (Å²) in [6.07, 6.45) is 3.65. The molecule has 0 aromatic heterocycles. The molecule has 0 saturated heterocycles. The zero-order chi connectivity index (χ0) is 14.2. The van der Waals surface area contributed by atoms with Gasteiger partial charge < -0.3 is 10.1 Å². The fourth-order valence-electron chi connectivity index (χ4n) is 3.59. The van der Waals surface area contributed by atoms with Crippen molar-refractivity contribution < 1.29 is 4.74 Å². The average molecular weight is 279 g/mol. The molecule has 4 rings (SSSR count). The molecule has 2 aliphatic rings. The predicted molar refractivity (Wildman–Crippen MR) is 84.8 cm³/mol. The van der Waals surface area contributed by atoms with Crippen molar-refractivity contribution in [3.8, 4) is 5.75 Å². The van der Waals surface area contributed by atoms with Gasteiger partial charge in [-0.15, -0.1) is 0 Å². The Bertz CT molecular complexity index is 637. The van der Waals surface area contributed by atoms with E-state index in [1.165, 1.54) is 36.0 Å². The first kappa shape index (κ1) is 12.9. The van der Waals surface area contributed by atoms with Gasteiger partial charge in [-0.1, -0.05) is 36.4 Å². The summed E-state index contributed by atoms with van der Waals surface area (Å²) in [6, 6.07) is 18.5. The van der Waals surface area contributed by atoms with Gasteiger partial charge >= 0.3 is 0 Å². The number of aryl methyl sites for hydroxylation is 1. The maximum Gasteiger partial charge on any atom is 0.119 e. The molecule has 0 bridgehead atoms. The summed E-state index contributed by atoms with van der Waals surface area (Å²) in [5, 5.41) is 3.85. The maximum atomic E-state index is 5.37. The molecule has 0 heterocycles. The minimum absolute atomic E-state index is 0.494. The van der Waals surface area contributed by atoms with E-state index >= 15 is 0 Å². The van der Waals surface area contributed by atoms with Gasteiger partial charge in [0.05, 0.1) is 7.11 Å². The van der Waals surface area contributed by atoms with E-state index in [-0.39, 0.29) is 0 Å². The Kier molecular flexibility index (Phi) is 3.19. The summed E-state index contributed by atoms with van der Waals surface area (Å²) in [6.45, 7) is 0. The van der Waals surface area contributed by atoms with Crippen LogP contribution in [0, 0.1) is 0 Å². The summed E-state index contributed by atoms with van der Waals surface area (Å²) < 4.78 is 5.37. The Morgan fingerprint density at radius 3 is 2.76 bits per heavy atom. The lowest BCUT2D eigenvalue weighted by Crippen LogP contribution is -2.22. The lowest BCUT2D eigenvalue weighted by molar-refractivity contribution is 0.413. The quantitative estimate of drug-likeness (QED) is 0.918. The topological polar surface area (TPSA) is 21.3 Å². The molecule has 2 aliphatic carbocycles. The zero-order valence-electron chi connectivity index (χ0n) is 12.4. The van der Waals surface area contributed by atoms with Crippen LogP contribution in [0.15, 0.2) is 48.5 Å². The number of benzene rings is 2. The first-order valence-corrected chi connectivity index (χ1v) is 7.83. The molecule has 1 unspecified atom stereocenters. The van der Waals surface area contributed by atoms with Gasteiger partial charge in [0.2, 0.25) is 0 Å². The SMILES string of the molecule is COc1ccc2c(c1)C(N[C@@H]1C[C@H]1c1ccccc1)CC2. The van der Waals surface area contributed by atoms with E-state index in [4.69, 9.17) is 4.74 Å². The molecular weight excluding hydrogens is 258 g/mol. The van der Waals surface area contributed by atoms with Crippen LogP contribution in [0.4, 0.5) is 0 Å². The largest absolute Gasteiger partial charge is 0.497 e. The normalized spacial score (nSPS) is 26.4. The highest BCUT2D eigenvalue weighted by Crippen LogP contribution is 2.44. The summed E-state index contributed by atoms with van der Waals surface area (Å²) in [5.41, 5.74) is 4.39. The van der Waals surface area contributed by atoms with Crippen molar-refractivity contribution in [1.29, 1.82) is 0 Å². The fourth-order valence-corrected chi connectivity index (χ4v) is 3.59. The number of fused-ring (bicyclic) bond motifs is 1. The van der Waals surface area contributed by atoms with E-state index in [9.17, 15) is 0 Å². The van der Waals surface area contributed by atoms with E-state index in [0.717, 1.165) is 5.75 Å². The van der Waals surface area contributed by atoms with Crippen molar-refractivity contribution in [2.75, 3.05) is 7.11 Å². The lowest BCUT2D eigenvalue weighted by Gasteiger charge is -2.15. The van der Waals surface area contributed by atoms with Crippen LogP contribution >= 0.6 is 0 Å². The van der Waals surface area contributed by atoms with Crippen LogP contribution in [0.1, 0.15) is 41.5 Å². The third kappa shape index (κ3) is 2.44. The monoisotopic (exact) mass is 279 g/mol. The molecule has 1 saturated carbocycles. The van der Waals surface area contributed by atoms with E-state index in [1.807, 2.05) is 0 Å². The van der Waals surface area contributed by atoms with Crippen molar-refractivity contribution in [3.05, 3.63) is 65.2 Å².